The van der Waals surface area contributed by atoms with E-state index >= 15 is 0 Å². The van der Waals surface area contributed by atoms with Gasteiger partial charge >= 0.3 is 0 Å². The highest BCUT2D eigenvalue weighted by Gasteiger charge is 2.06. The molecular formula is C18H28FNO4S2. The first-order valence-corrected chi connectivity index (χ1v) is 11.2. The molecule has 0 aliphatic carbocycles. The van der Waals surface area contributed by atoms with Gasteiger partial charge in [0.15, 0.2) is 17.3 Å². The Labute approximate surface area is 162 Å². The quantitative estimate of drug-likeness (QED) is 0.480. The molecule has 0 saturated heterocycles. The van der Waals surface area contributed by atoms with Crippen molar-refractivity contribution >= 4 is 32.3 Å². The van der Waals surface area contributed by atoms with Gasteiger partial charge in [-0.25, -0.2) is 4.39 Å². The summed E-state index contributed by atoms with van der Waals surface area (Å²) in [7, 11) is -0.415. The molecular weight excluding hydrogens is 377 g/mol. The lowest BCUT2D eigenvalue weighted by atomic mass is 10.1. The molecule has 1 aromatic carbocycles. The molecule has 26 heavy (non-hydrogen) atoms. The van der Waals surface area contributed by atoms with Crippen molar-refractivity contribution in [1.82, 2.24) is 0 Å². The summed E-state index contributed by atoms with van der Waals surface area (Å²) in [6.45, 7) is 5.85. The molecule has 0 aromatic heterocycles. The van der Waals surface area contributed by atoms with E-state index in [0.717, 1.165) is 6.42 Å². The average molecular weight is 406 g/mol. The van der Waals surface area contributed by atoms with Crippen LogP contribution in [0.5, 0.6) is 5.75 Å². The minimum Gasteiger partial charge on any atom is -0.490 e. The fraction of sp³-hybridized carbons (Fsp3) is 0.611. The summed E-state index contributed by atoms with van der Waals surface area (Å²) in [5.74, 6) is -0.0732. The van der Waals surface area contributed by atoms with Crippen molar-refractivity contribution in [2.45, 2.75) is 26.7 Å². The van der Waals surface area contributed by atoms with Gasteiger partial charge in [-0.1, -0.05) is 13.8 Å². The van der Waals surface area contributed by atoms with Crippen molar-refractivity contribution in [2.75, 3.05) is 44.0 Å². The molecule has 0 amide bonds. The fourth-order valence-corrected chi connectivity index (χ4v) is 2.64. The Morgan fingerprint density at radius 1 is 1.19 bits per heavy atom. The van der Waals surface area contributed by atoms with Crippen molar-refractivity contribution < 1.29 is 23.4 Å². The molecule has 1 aromatic rings. The highest BCUT2D eigenvalue weighted by Crippen LogP contribution is 2.21. The summed E-state index contributed by atoms with van der Waals surface area (Å²) < 4.78 is 33.0. The molecule has 5 nitrogen and oxygen atoms in total. The van der Waals surface area contributed by atoms with E-state index in [0.29, 0.717) is 38.5 Å². The average Bonchev–Trinajstić information content (AvgIpc) is 2.57. The molecule has 0 aliphatic rings. The van der Waals surface area contributed by atoms with Crippen molar-refractivity contribution in [3.63, 3.8) is 0 Å². The van der Waals surface area contributed by atoms with Crippen LogP contribution >= 0.6 is 0 Å². The molecule has 0 saturated carbocycles. The maximum absolute atomic E-state index is 13.9. The molecule has 1 rings (SSSR count). The third kappa shape index (κ3) is 10.2. The van der Waals surface area contributed by atoms with Gasteiger partial charge in [-0.2, -0.15) is 0 Å². The molecule has 1 N–H and O–H groups in total. The van der Waals surface area contributed by atoms with E-state index in [-0.39, 0.29) is 24.1 Å². The SMILES string of the molecule is CC(C)C(=O)COCCCOCCCOc1ccc(NS(C)=S)cc1F. The minimum atomic E-state index is -0.415. The van der Waals surface area contributed by atoms with E-state index < -0.39 is 15.5 Å². The summed E-state index contributed by atoms with van der Waals surface area (Å²) in [6, 6.07) is 4.72. The van der Waals surface area contributed by atoms with Crippen molar-refractivity contribution in [2.24, 2.45) is 5.92 Å². The van der Waals surface area contributed by atoms with Crippen LogP contribution in [0.1, 0.15) is 26.7 Å². The first kappa shape index (κ1) is 23.0. The van der Waals surface area contributed by atoms with Gasteiger partial charge in [-0.3, -0.25) is 4.79 Å². The summed E-state index contributed by atoms with van der Waals surface area (Å²) >= 11 is 5.03. The van der Waals surface area contributed by atoms with E-state index in [9.17, 15) is 9.18 Å². The number of halogens is 1. The number of carbonyl (C=O) groups excluding carboxylic acids is 1. The Kier molecular flexibility index (Phi) is 11.6. The number of hydrogen-bond donors (Lipinski definition) is 1. The monoisotopic (exact) mass is 405 g/mol. The van der Waals surface area contributed by atoms with Gasteiger partial charge in [0.1, 0.15) is 6.61 Å². The van der Waals surface area contributed by atoms with Crippen LogP contribution in [0.15, 0.2) is 18.2 Å². The summed E-state index contributed by atoms with van der Waals surface area (Å²) in [4.78, 5) is 11.4. The molecule has 0 aliphatic heterocycles. The van der Waals surface area contributed by atoms with Gasteiger partial charge in [-0.15, -0.1) is 0 Å². The van der Waals surface area contributed by atoms with Gasteiger partial charge in [-0.05, 0) is 39.4 Å². The van der Waals surface area contributed by atoms with Crippen LogP contribution in [0.2, 0.25) is 0 Å². The van der Waals surface area contributed by atoms with Gasteiger partial charge in [0.25, 0.3) is 0 Å². The van der Waals surface area contributed by atoms with Crippen LogP contribution in [-0.2, 0) is 35.1 Å². The number of carbonyl (C=O) groups is 1. The highest BCUT2D eigenvalue weighted by molar-refractivity contribution is 8.29. The number of rotatable bonds is 14. The Bertz CT molecular complexity index is 584. The number of benzene rings is 1. The maximum atomic E-state index is 13.9. The second kappa shape index (κ2) is 13.1. The predicted molar refractivity (Wildman–Crippen MR) is 107 cm³/mol. The van der Waals surface area contributed by atoms with Crippen LogP contribution in [0.25, 0.3) is 0 Å². The number of ether oxygens (including phenoxy) is 3. The topological polar surface area (TPSA) is 56.8 Å². The van der Waals surface area contributed by atoms with Crippen LogP contribution in [0, 0.1) is 11.7 Å². The molecule has 0 radical (unpaired) electrons. The van der Waals surface area contributed by atoms with Crippen LogP contribution in [0.4, 0.5) is 10.1 Å². The third-order valence-electron chi connectivity index (χ3n) is 3.35. The maximum Gasteiger partial charge on any atom is 0.167 e. The van der Waals surface area contributed by atoms with E-state index in [2.05, 4.69) is 4.72 Å². The Balaban J connectivity index is 2.05. The lowest BCUT2D eigenvalue weighted by Gasteiger charge is -2.10. The highest BCUT2D eigenvalue weighted by atomic mass is 32.8. The first-order chi connectivity index (χ1) is 12.4. The molecule has 1 atom stereocenters. The van der Waals surface area contributed by atoms with E-state index in [1.54, 1.807) is 12.1 Å². The predicted octanol–water partition coefficient (Wildman–Crippen LogP) is 3.28. The van der Waals surface area contributed by atoms with Crippen molar-refractivity contribution in [3.05, 3.63) is 24.0 Å². The number of hydrogen-bond acceptors (Lipinski definition) is 5. The second-order valence-corrected chi connectivity index (χ2v) is 8.66. The summed E-state index contributed by atoms with van der Waals surface area (Å²) in [5, 5.41) is 0. The first-order valence-electron chi connectivity index (χ1n) is 8.60. The Morgan fingerprint density at radius 3 is 2.46 bits per heavy atom. The molecule has 0 heterocycles. The van der Waals surface area contributed by atoms with Gasteiger partial charge in [0.05, 0.1) is 6.61 Å². The molecule has 1 unspecified atom stereocenters. The molecule has 0 bridgehead atoms. The minimum absolute atomic E-state index is 0.00847. The largest absolute Gasteiger partial charge is 0.490 e. The van der Waals surface area contributed by atoms with Crippen LogP contribution in [-0.4, -0.2) is 45.1 Å². The van der Waals surface area contributed by atoms with E-state index in [1.807, 2.05) is 20.1 Å². The standard InChI is InChI=1S/C18H28FNO4S2/c1-14(2)17(21)13-23-10-4-8-22-9-5-11-24-18-7-6-15(12-16(18)19)20-26(3)25/h6-7,12,14,20H,4-5,8-11,13H2,1-3H3. The number of Topliss-reactive ketones (excluding diaryl/α,β-unsaturated/α-hetero) is 1. The van der Waals surface area contributed by atoms with Crippen LogP contribution < -0.4 is 9.46 Å². The molecule has 148 valence electrons. The Hall–Kier alpha value is -1.09. The lowest BCUT2D eigenvalue weighted by Crippen LogP contribution is -2.15. The van der Waals surface area contributed by atoms with Crippen molar-refractivity contribution in [3.8, 4) is 5.75 Å². The molecule has 8 heteroatoms. The molecule has 0 fully saturated rings. The van der Waals surface area contributed by atoms with Gasteiger partial charge in [0, 0.05) is 50.2 Å². The lowest BCUT2D eigenvalue weighted by molar-refractivity contribution is -0.126. The number of ketones is 1. The fourth-order valence-electron chi connectivity index (χ4n) is 1.89. The zero-order chi connectivity index (χ0) is 19.4. The van der Waals surface area contributed by atoms with E-state index in [4.69, 9.17) is 25.4 Å². The van der Waals surface area contributed by atoms with Gasteiger partial charge in [0.2, 0.25) is 0 Å². The normalized spacial score (nSPS) is 12.2. The van der Waals surface area contributed by atoms with E-state index in [1.165, 1.54) is 6.07 Å². The molecule has 0 spiro atoms. The van der Waals surface area contributed by atoms with Gasteiger partial charge < -0.3 is 18.9 Å². The zero-order valence-corrected chi connectivity index (χ0v) is 17.2. The smallest absolute Gasteiger partial charge is 0.167 e. The van der Waals surface area contributed by atoms with Crippen LogP contribution in [0.3, 0.4) is 0 Å². The number of anilines is 1. The Morgan fingerprint density at radius 2 is 1.85 bits per heavy atom. The second-order valence-electron chi connectivity index (χ2n) is 6.04. The zero-order valence-electron chi connectivity index (χ0n) is 15.6. The van der Waals surface area contributed by atoms with Crippen molar-refractivity contribution in [1.29, 1.82) is 0 Å². The summed E-state index contributed by atoms with van der Waals surface area (Å²) in [6.07, 6.45) is 3.24. The third-order valence-corrected chi connectivity index (χ3v) is 4.12. The summed E-state index contributed by atoms with van der Waals surface area (Å²) in [5.41, 5.74) is 0.649. The number of nitrogens with one attached hydrogen (secondary N) is 1.